The van der Waals surface area contributed by atoms with Crippen molar-refractivity contribution < 1.29 is 5.11 Å². The van der Waals surface area contributed by atoms with Crippen molar-refractivity contribution >= 4 is 0 Å². The average Bonchev–Trinajstić information content (AvgIpc) is 2.10. The molecule has 0 radical (unpaired) electrons. The maximum atomic E-state index is 9.24. The molecular weight excluding hydrogens is 148 g/mol. The summed E-state index contributed by atoms with van der Waals surface area (Å²) in [5.41, 5.74) is 0. The molecule has 0 aromatic rings. The van der Waals surface area contributed by atoms with Gasteiger partial charge in [-0.15, -0.1) is 0 Å². The lowest BCUT2D eigenvalue weighted by Gasteiger charge is -2.05. The van der Waals surface area contributed by atoms with Crippen LogP contribution in [0.1, 0.15) is 52.4 Å². The maximum Gasteiger partial charge on any atom is 0.0537 e. The number of allylic oxidation sites excluding steroid dienone is 2. The van der Waals surface area contributed by atoms with E-state index >= 15 is 0 Å². The summed E-state index contributed by atoms with van der Waals surface area (Å²) in [4.78, 5) is 0. The molecule has 0 saturated heterocycles. The van der Waals surface area contributed by atoms with E-state index in [1.165, 1.54) is 12.8 Å². The normalized spacial score (nSPS) is 13.9. The first kappa shape index (κ1) is 11.7. The fraction of sp³-hybridized carbons (Fsp3) is 0.818. The molecule has 0 rings (SSSR count). The molecular formula is C11H22O. The molecule has 12 heavy (non-hydrogen) atoms. The summed E-state index contributed by atoms with van der Waals surface area (Å²) in [5.74, 6) is 0. The maximum absolute atomic E-state index is 9.24. The molecule has 0 spiro atoms. The van der Waals surface area contributed by atoms with Gasteiger partial charge in [0.2, 0.25) is 0 Å². The first-order valence-electron chi connectivity index (χ1n) is 5.14. The largest absolute Gasteiger partial charge is 0.393 e. The van der Waals surface area contributed by atoms with Crippen LogP contribution in [0.25, 0.3) is 0 Å². The number of hydrogen-bond acceptors (Lipinski definition) is 1. The fourth-order valence-corrected chi connectivity index (χ4v) is 1.13. The minimum atomic E-state index is -0.0693. The third-order valence-electron chi connectivity index (χ3n) is 2.03. The summed E-state index contributed by atoms with van der Waals surface area (Å²) in [6.07, 6.45) is 10.9. The van der Waals surface area contributed by atoms with Crippen molar-refractivity contribution in [1.29, 1.82) is 0 Å². The monoisotopic (exact) mass is 170 g/mol. The highest BCUT2D eigenvalue weighted by Crippen LogP contribution is 2.06. The van der Waals surface area contributed by atoms with E-state index < -0.39 is 0 Å². The Labute approximate surface area is 76.5 Å². The van der Waals surface area contributed by atoms with E-state index in [1.807, 2.05) is 6.92 Å². The van der Waals surface area contributed by atoms with Crippen LogP contribution in [-0.4, -0.2) is 11.2 Å². The highest BCUT2D eigenvalue weighted by molar-refractivity contribution is 4.79. The second-order valence-corrected chi connectivity index (χ2v) is 3.23. The van der Waals surface area contributed by atoms with Crippen LogP contribution in [-0.2, 0) is 0 Å². The van der Waals surface area contributed by atoms with Crippen molar-refractivity contribution in [2.75, 3.05) is 0 Å². The highest BCUT2D eigenvalue weighted by atomic mass is 16.3. The Balaban J connectivity index is 3.05. The molecule has 0 aliphatic heterocycles. The first-order valence-corrected chi connectivity index (χ1v) is 5.14. The van der Waals surface area contributed by atoms with Gasteiger partial charge in [-0.25, -0.2) is 0 Å². The van der Waals surface area contributed by atoms with Gasteiger partial charge in [0, 0.05) is 0 Å². The topological polar surface area (TPSA) is 20.2 Å². The van der Waals surface area contributed by atoms with Gasteiger partial charge in [0.05, 0.1) is 6.10 Å². The SMILES string of the molecule is CCC=CCCCCC(O)CC. The van der Waals surface area contributed by atoms with Gasteiger partial charge in [0.15, 0.2) is 0 Å². The van der Waals surface area contributed by atoms with Gasteiger partial charge < -0.3 is 5.11 Å². The van der Waals surface area contributed by atoms with Crippen LogP contribution in [0, 0.1) is 0 Å². The quantitative estimate of drug-likeness (QED) is 0.459. The molecule has 0 saturated carbocycles. The van der Waals surface area contributed by atoms with E-state index in [2.05, 4.69) is 19.1 Å². The average molecular weight is 170 g/mol. The molecule has 1 unspecified atom stereocenters. The molecule has 0 bridgehead atoms. The molecule has 0 aromatic carbocycles. The van der Waals surface area contributed by atoms with E-state index in [0.717, 1.165) is 25.7 Å². The predicted octanol–water partition coefficient (Wildman–Crippen LogP) is 3.28. The van der Waals surface area contributed by atoms with Gasteiger partial charge in [-0.2, -0.15) is 0 Å². The Hall–Kier alpha value is -0.300. The Morgan fingerprint density at radius 1 is 1.17 bits per heavy atom. The van der Waals surface area contributed by atoms with Crippen LogP contribution in [0.2, 0.25) is 0 Å². The van der Waals surface area contributed by atoms with E-state index in [1.54, 1.807) is 0 Å². The van der Waals surface area contributed by atoms with Gasteiger partial charge in [0.25, 0.3) is 0 Å². The van der Waals surface area contributed by atoms with E-state index in [0.29, 0.717) is 0 Å². The lowest BCUT2D eigenvalue weighted by molar-refractivity contribution is 0.157. The Bertz CT molecular complexity index is 108. The summed E-state index contributed by atoms with van der Waals surface area (Å²) in [6.45, 7) is 4.18. The van der Waals surface area contributed by atoms with Gasteiger partial charge in [-0.1, -0.05) is 32.4 Å². The van der Waals surface area contributed by atoms with E-state index in [9.17, 15) is 5.11 Å². The summed E-state index contributed by atoms with van der Waals surface area (Å²) in [7, 11) is 0. The third-order valence-corrected chi connectivity index (χ3v) is 2.03. The smallest absolute Gasteiger partial charge is 0.0537 e. The highest BCUT2D eigenvalue weighted by Gasteiger charge is 1.98. The standard InChI is InChI=1S/C11H22O/c1-3-5-6-7-8-9-10-11(12)4-2/h5-6,11-12H,3-4,7-10H2,1-2H3. The summed E-state index contributed by atoms with van der Waals surface area (Å²) < 4.78 is 0. The predicted molar refractivity (Wildman–Crippen MR) is 54.2 cm³/mol. The molecule has 1 N–H and O–H groups in total. The lowest BCUT2D eigenvalue weighted by atomic mass is 10.1. The van der Waals surface area contributed by atoms with E-state index in [-0.39, 0.29) is 6.10 Å². The summed E-state index contributed by atoms with van der Waals surface area (Å²) in [6, 6.07) is 0. The van der Waals surface area contributed by atoms with Gasteiger partial charge >= 0.3 is 0 Å². The van der Waals surface area contributed by atoms with Crippen molar-refractivity contribution in [3.63, 3.8) is 0 Å². The number of unbranched alkanes of at least 4 members (excludes halogenated alkanes) is 2. The van der Waals surface area contributed by atoms with Crippen LogP contribution in [0.5, 0.6) is 0 Å². The summed E-state index contributed by atoms with van der Waals surface area (Å²) >= 11 is 0. The number of aliphatic hydroxyl groups excluding tert-OH is 1. The van der Waals surface area contributed by atoms with Crippen LogP contribution in [0.3, 0.4) is 0 Å². The minimum absolute atomic E-state index is 0.0693. The lowest BCUT2D eigenvalue weighted by Crippen LogP contribution is -2.02. The zero-order chi connectivity index (χ0) is 9.23. The molecule has 0 aliphatic rings. The van der Waals surface area contributed by atoms with Crippen LogP contribution < -0.4 is 0 Å². The fourth-order valence-electron chi connectivity index (χ4n) is 1.13. The first-order chi connectivity index (χ1) is 5.81. The van der Waals surface area contributed by atoms with Crippen molar-refractivity contribution in [1.82, 2.24) is 0 Å². The molecule has 0 aromatic heterocycles. The van der Waals surface area contributed by atoms with Crippen LogP contribution in [0.4, 0.5) is 0 Å². The third kappa shape index (κ3) is 7.80. The Kier molecular flexibility index (Phi) is 8.57. The molecule has 1 heteroatoms. The molecule has 0 amide bonds. The van der Waals surface area contributed by atoms with Crippen molar-refractivity contribution in [2.24, 2.45) is 0 Å². The van der Waals surface area contributed by atoms with Crippen molar-refractivity contribution in [3.8, 4) is 0 Å². The summed E-state index contributed by atoms with van der Waals surface area (Å²) in [5, 5.41) is 9.24. The second kappa shape index (κ2) is 8.79. The number of rotatable bonds is 7. The molecule has 1 nitrogen and oxygen atoms in total. The number of hydrogen-bond donors (Lipinski definition) is 1. The molecule has 0 heterocycles. The van der Waals surface area contributed by atoms with E-state index in [4.69, 9.17) is 0 Å². The van der Waals surface area contributed by atoms with Gasteiger partial charge in [0.1, 0.15) is 0 Å². The van der Waals surface area contributed by atoms with Crippen molar-refractivity contribution in [2.45, 2.75) is 58.5 Å². The Morgan fingerprint density at radius 3 is 2.50 bits per heavy atom. The molecule has 0 fully saturated rings. The zero-order valence-corrected chi connectivity index (χ0v) is 8.42. The van der Waals surface area contributed by atoms with Crippen molar-refractivity contribution in [3.05, 3.63) is 12.2 Å². The van der Waals surface area contributed by atoms with Crippen LogP contribution >= 0.6 is 0 Å². The molecule has 0 aliphatic carbocycles. The molecule has 72 valence electrons. The van der Waals surface area contributed by atoms with Crippen LogP contribution in [0.15, 0.2) is 12.2 Å². The minimum Gasteiger partial charge on any atom is -0.393 e. The Morgan fingerprint density at radius 2 is 1.92 bits per heavy atom. The van der Waals surface area contributed by atoms with Gasteiger partial charge in [-0.05, 0) is 32.1 Å². The zero-order valence-electron chi connectivity index (χ0n) is 8.42. The molecule has 1 atom stereocenters. The number of aliphatic hydroxyl groups is 1. The second-order valence-electron chi connectivity index (χ2n) is 3.23. The van der Waals surface area contributed by atoms with Gasteiger partial charge in [-0.3, -0.25) is 0 Å².